The number of carbonyl (C=O) groups excluding carboxylic acids is 3. The lowest BCUT2D eigenvalue weighted by Crippen LogP contribution is -2.35. The number of aromatic nitrogens is 1. The van der Waals surface area contributed by atoms with Crippen molar-refractivity contribution < 1.29 is 18.9 Å². The second-order valence-corrected chi connectivity index (χ2v) is 6.47. The van der Waals surface area contributed by atoms with Crippen LogP contribution in [0.25, 0.3) is 0 Å². The molecule has 0 saturated heterocycles. The van der Waals surface area contributed by atoms with E-state index in [-0.39, 0.29) is 37.0 Å². The molecule has 1 aromatic carbocycles. The minimum absolute atomic E-state index is 0.0434. The second-order valence-electron chi connectivity index (χ2n) is 5.55. The zero-order valence-electron chi connectivity index (χ0n) is 13.9. The molecule has 0 aliphatic carbocycles. The highest BCUT2D eigenvalue weighted by atomic mass is 79.9. The molecule has 1 heterocycles. The number of hydrogen-bond donors (Lipinski definition) is 1. The summed E-state index contributed by atoms with van der Waals surface area (Å²) >= 11 is 3.30. The van der Waals surface area contributed by atoms with E-state index in [1.165, 1.54) is 11.9 Å². The molecule has 2 rings (SSSR count). The lowest BCUT2D eigenvalue weighted by Gasteiger charge is -2.16. The number of anilines is 1. The van der Waals surface area contributed by atoms with Crippen LogP contribution in [-0.4, -0.2) is 41.2 Å². The van der Waals surface area contributed by atoms with E-state index in [9.17, 15) is 14.4 Å². The van der Waals surface area contributed by atoms with E-state index < -0.39 is 0 Å². The number of hydrogen-bond acceptors (Lipinski definition) is 5. The van der Waals surface area contributed by atoms with Gasteiger partial charge in [0.2, 0.25) is 11.8 Å². The molecule has 0 atom stereocenters. The number of carbonyl (C=O) groups is 3. The highest BCUT2D eigenvalue weighted by molar-refractivity contribution is 9.10. The number of aryl methyl sites for hydroxylation is 1. The molecule has 1 aromatic heterocycles. The minimum atomic E-state index is -0.386. The molecule has 0 radical (unpaired) electrons. The molecule has 1 N–H and O–H groups in total. The zero-order chi connectivity index (χ0) is 18.4. The predicted molar refractivity (Wildman–Crippen MR) is 95.2 cm³/mol. The predicted octanol–water partition coefficient (Wildman–Crippen LogP) is 2.81. The second kappa shape index (κ2) is 8.57. The molecule has 0 spiro atoms. The topological polar surface area (TPSA) is 92.5 Å². The van der Waals surface area contributed by atoms with Gasteiger partial charge in [-0.1, -0.05) is 33.2 Å². The molecule has 0 aliphatic rings. The number of nitrogens with one attached hydrogen (secondary N) is 1. The lowest BCUT2D eigenvalue weighted by atomic mass is 10.1. The molecule has 25 heavy (non-hydrogen) atoms. The molecule has 2 amide bonds. The van der Waals surface area contributed by atoms with Crippen molar-refractivity contribution in [1.82, 2.24) is 10.1 Å². The Morgan fingerprint density at radius 3 is 2.48 bits per heavy atom. The smallest absolute Gasteiger partial charge is 0.245 e. The summed E-state index contributed by atoms with van der Waals surface area (Å²) in [5.41, 5.74) is 0.554. The van der Waals surface area contributed by atoms with Crippen LogP contribution >= 0.6 is 15.9 Å². The van der Waals surface area contributed by atoms with E-state index >= 15 is 0 Å². The summed E-state index contributed by atoms with van der Waals surface area (Å²) in [6.07, 6.45) is 0.136. The summed E-state index contributed by atoms with van der Waals surface area (Å²) in [6.45, 7) is 1.58. The van der Waals surface area contributed by atoms with Crippen molar-refractivity contribution in [2.45, 2.75) is 19.8 Å². The third-order valence-corrected chi connectivity index (χ3v) is 3.96. The van der Waals surface area contributed by atoms with Crippen molar-refractivity contribution in [2.75, 3.05) is 18.9 Å². The van der Waals surface area contributed by atoms with Gasteiger partial charge in [-0.05, 0) is 19.1 Å². The fourth-order valence-electron chi connectivity index (χ4n) is 2.10. The fourth-order valence-corrected chi connectivity index (χ4v) is 2.37. The van der Waals surface area contributed by atoms with Gasteiger partial charge in [-0.3, -0.25) is 14.4 Å². The van der Waals surface area contributed by atoms with Gasteiger partial charge in [0.15, 0.2) is 11.6 Å². The molecule has 8 heteroatoms. The van der Waals surface area contributed by atoms with Gasteiger partial charge in [-0.15, -0.1) is 0 Å². The average molecular weight is 408 g/mol. The summed E-state index contributed by atoms with van der Waals surface area (Å²) in [4.78, 5) is 37.3. The van der Waals surface area contributed by atoms with Crippen LogP contribution in [0.2, 0.25) is 0 Å². The highest BCUT2D eigenvalue weighted by Gasteiger charge is 2.16. The first kappa shape index (κ1) is 18.9. The first-order valence-corrected chi connectivity index (χ1v) is 8.40. The van der Waals surface area contributed by atoms with Crippen LogP contribution in [0.5, 0.6) is 0 Å². The van der Waals surface area contributed by atoms with E-state index in [0.717, 1.165) is 4.47 Å². The molecule has 132 valence electrons. The fraction of sp³-hybridized carbons (Fsp3) is 0.294. The molecule has 0 unspecified atom stereocenters. The van der Waals surface area contributed by atoms with E-state index in [0.29, 0.717) is 17.1 Å². The van der Waals surface area contributed by atoms with Gasteiger partial charge in [0.25, 0.3) is 0 Å². The van der Waals surface area contributed by atoms with Gasteiger partial charge < -0.3 is 14.7 Å². The van der Waals surface area contributed by atoms with Gasteiger partial charge in [-0.2, -0.15) is 0 Å². The van der Waals surface area contributed by atoms with Crippen molar-refractivity contribution in [2.24, 2.45) is 0 Å². The highest BCUT2D eigenvalue weighted by Crippen LogP contribution is 2.13. The molecule has 0 bridgehead atoms. The van der Waals surface area contributed by atoms with Crippen LogP contribution < -0.4 is 5.32 Å². The van der Waals surface area contributed by atoms with Crippen molar-refractivity contribution in [3.05, 3.63) is 46.1 Å². The standard InChI is InChI=1S/C17H18BrN3O4/c1-11-9-15(20-25-11)19-16(23)10-21(2)17(24)8-7-14(22)12-3-5-13(18)6-4-12/h3-6,9H,7-8,10H2,1-2H3,(H,19,20,23). The normalized spacial score (nSPS) is 10.4. The van der Waals surface area contributed by atoms with E-state index in [1.54, 1.807) is 37.3 Å². The van der Waals surface area contributed by atoms with Gasteiger partial charge in [-0.25, -0.2) is 0 Å². The zero-order valence-corrected chi connectivity index (χ0v) is 15.5. The Hall–Kier alpha value is -2.48. The van der Waals surface area contributed by atoms with Crippen molar-refractivity contribution in [3.63, 3.8) is 0 Å². The van der Waals surface area contributed by atoms with E-state index in [2.05, 4.69) is 26.4 Å². The number of amides is 2. The number of halogens is 1. The van der Waals surface area contributed by atoms with Gasteiger partial charge in [0, 0.05) is 36.0 Å². The van der Waals surface area contributed by atoms with Crippen LogP contribution in [0.4, 0.5) is 5.82 Å². The van der Waals surface area contributed by atoms with Crippen LogP contribution in [-0.2, 0) is 9.59 Å². The minimum Gasteiger partial charge on any atom is -0.360 e. The molecular formula is C17H18BrN3O4. The van der Waals surface area contributed by atoms with Crippen molar-refractivity contribution >= 4 is 39.3 Å². The first-order chi connectivity index (χ1) is 11.8. The Bertz CT molecular complexity index is 770. The molecule has 0 fully saturated rings. The van der Waals surface area contributed by atoms with Gasteiger partial charge >= 0.3 is 0 Å². The Kier molecular flexibility index (Phi) is 6.46. The Morgan fingerprint density at radius 1 is 1.20 bits per heavy atom. The maximum atomic E-state index is 12.1. The number of benzene rings is 1. The number of rotatable bonds is 7. The third kappa shape index (κ3) is 5.82. The van der Waals surface area contributed by atoms with Gasteiger partial charge in [0.1, 0.15) is 5.76 Å². The summed E-state index contributed by atoms with van der Waals surface area (Å²) in [6, 6.07) is 8.53. The number of nitrogens with zero attached hydrogens (tertiary/aromatic N) is 2. The number of likely N-dealkylation sites (N-methyl/N-ethyl adjacent to an activating group) is 1. The summed E-state index contributed by atoms with van der Waals surface area (Å²) in [5.74, 6) is 0.0945. The summed E-state index contributed by atoms with van der Waals surface area (Å²) in [7, 11) is 1.51. The summed E-state index contributed by atoms with van der Waals surface area (Å²) in [5, 5.41) is 6.18. The molecule has 2 aromatic rings. The average Bonchev–Trinajstić information content (AvgIpc) is 2.97. The largest absolute Gasteiger partial charge is 0.360 e. The maximum absolute atomic E-state index is 12.1. The van der Waals surface area contributed by atoms with Crippen LogP contribution in [0.15, 0.2) is 39.3 Å². The lowest BCUT2D eigenvalue weighted by molar-refractivity contribution is -0.133. The molecule has 7 nitrogen and oxygen atoms in total. The number of ketones is 1. The number of Topliss-reactive ketones (excluding diaryl/α,β-unsaturated/α-hetero) is 1. The van der Waals surface area contributed by atoms with E-state index in [1.807, 2.05) is 0 Å². The van der Waals surface area contributed by atoms with Crippen LogP contribution in [0, 0.1) is 6.92 Å². The Morgan fingerprint density at radius 2 is 1.88 bits per heavy atom. The SMILES string of the molecule is Cc1cc(NC(=O)CN(C)C(=O)CCC(=O)c2ccc(Br)cc2)no1. The van der Waals surface area contributed by atoms with E-state index in [4.69, 9.17) is 4.52 Å². The van der Waals surface area contributed by atoms with Gasteiger partial charge in [0.05, 0.1) is 6.54 Å². The van der Waals surface area contributed by atoms with Crippen LogP contribution in [0.1, 0.15) is 29.0 Å². The van der Waals surface area contributed by atoms with Crippen molar-refractivity contribution in [1.29, 1.82) is 0 Å². The molecular weight excluding hydrogens is 390 g/mol. The van der Waals surface area contributed by atoms with Crippen molar-refractivity contribution in [3.8, 4) is 0 Å². The summed E-state index contributed by atoms with van der Waals surface area (Å²) < 4.78 is 5.73. The van der Waals surface area contributed by atoms with Crippen LogP contribution in [0.3, 0.4) is 0 Å². The molecule has 0 aliphatic heterocycles. The first-order valence-electron chi connectivity index (χ1n) is 7.61. The third-order valence-electron chi connectivity index (χ3n) is 3.43. The monoisotopic (exact) mass is 407 g/mol. The maximum Gasteiger partial charge on any atom is 0.245 e. The Balaban J connectivity index is 1.78. The molecule has 0 saturated carbocycles. The quantitative estimate of drug-likeness (QED) is 0.712. The Labute approximate surface area is 153 Å².